The van der Waals surface area contributed by atoms with Gasteiger partial charge >= 0.3 is 0 Å². The van der Waals surface area contributed by atoms with E-state index in [2.05, 4.69) is 37.8 Å². The van der Waals surface area contributed by atoms with E-state index < -0.39 is 0 Å². The molecule has 1 aromatic rings. The van der Waals surface area contributed by atoms with Crippen LogP contribution in [-0.2, 0) is 6.42 Å². The molecule has 0 atom stereocenters. The Morgan fingerprint density at radius 1 is 0.667 bits per heavy atom. The van der Waals surface area contributed by atoms with Crippen molar-refractivity contribution in [3.8, 4) is 0 Å². The van der Waals surface area contributed by atoms with Crippen LogP contribution in [0.25, 0.3) is 0 Å². The fraction of sp³-hybridized carbons (Fsp3) is 0.720. The molecule has 0 fully saturated rings. The Bertz CT molecular complexity index is 480. The standard InChI is InChI=1S/C25H43NO/c1-4-7-9-10-11-12-13-14-15-16-22-26(21-8-5-2)25(27)24-19-17-23(6-3)18-20-24/h17-20H,4-16,21-22H2,1-3H3. The van der Waals surface area contributed by atoms with Gasteiger partial charge in [-0.3, -0.25) is 4.79 Å². The molecule has 0 aliphatic rings. The van der Waals surface area contributed by atoms with Gasteiger partial charge in [-0.1, -0.05) is 97.1 Å². The second kappa shape index (κ2) is 15.7. The van der Waals surface area contributed by atoms with E-state index in [0.717, 1.165) is 44.3 Å². The second-order valence-corrected chi connectivity index (χ2v) is 7.88. The highest BCUT2D eigenvalue weighted by molar-refractivity contribution is 5.94. The molecule has 0 aliphatic heterocycles. The van der Waals surface area contributed by atoms with Gasteiger partial charge in [-0.05, 0) is 37.0 Å². The number of hydrogen-bond acceptors (Lipinski definition) is 1. The summed E-state index contributed by atoms with van der Waals surface area (Å²) >= 11 is 0. The van der Waals surface area contributed by atoms with Crippen molar-refractivity contribution >= 4 is 5.91 Å². The number of carbonyl (C=O) groups excluding carboxylic acids is 1. The van der Waals surface area contributed by atoms with E-state index >= 15 is 0 Å². The van der Waals surface area contributed by atoms with Gasteiger partial charge in [0.25, 0.3) is 5.91 Å². The molecular weight excluding hydrogens is 330 g/mol. The maximum absolute atomic E-state index is 12.9. The highest BCUT2D eigenvalue weighted by atomic mass is 16.2. The van der Waals surface area contributed by atoms with E-state index in [-0.39, 0.29) is 5.91 Å². The minimum atomic E-state index is 0.210. The third kappa shape index (κ3) is 10.6. The van der Waals surface area contributed by atoms with E-state index in [4.69, 9.17) is 0 Å². The Kier molecular flexibility index (Phi) is 13.8. The van der Waals surface area contributed by atoms with Gasteiger partial charge in [0.05, 0.1) is 0 Å². The number of carbonyl (C=O) groups is 1. The maximum Gasteiger partial charge on any atom is 0.253 e. The monoisotopic (exact) mass is 373 g/mol. The van der Waals surface area contributed by atoms with Crippen molar-refractivity contribution < 1.29 is 4.79 Å². The fourth-order valence-electron chi connectivity index (χ4n) is 3.52. The first-order valence-electron chi connectivity index (χ1n) is 11.6. The normalized spacial score (nSPS) is 10.9. The number of unbranched alkanes of at least 4 members (excludes halogenated alkanes) is 10. The predicted molar refractivity (Wildman–Crippen MR) is 118 cm³/mol. The molecule has 0 saturated heterocycles. The van der Waals surface area contributed by atoms with Crippen LogP contribution in [0.2, 0.25) is 0 Å². The van der Waals surface area contributed by atoms with E-state index in [1.165, 1.54) is 63.4 Å². The van der Waals surface area contributed by atoms with Crippen molar-refractivity contribution in [3.63, 3.8) is 0 Å². The largest absolute Gasteiger partial charge is 0.339 e. The zero-order chi connectivity index (χ0) is 19.7. The first-order valence-corrected chi connectivity index (χ1v) is 11.6. The van der Waals surface area contributed by atoms with Crippen molar-refractivity contribution in [3.05, 3.63) is 35.4 Å². The molecule has 0 radical (unpaired) electrons. The third-order valence-corrected chi connectivity index (χ3v) is 5.46. The molecule has 0 N–H and O–H groups in total. The molecule has 0 unspecified atom stereocenters. The van der Waals surface area contributed by atoms with Gasteiger partial charge in [0.2, 0.25) is 0 Å². The van der Waals surface area contributed by atoms with Crippen molar-refractivity contribution in [1.82, 2.24) is 4.90 Å². The number of aryl methyl sites for hydroxylation is 1. The molecule has 1 amide bonds. The van der Waals surface area contributed by atoms with Gasteiger partial charge in [-0.25, -0.2) is 0 Å². The van der Waals surface area contributed by atoms with Crippen LogP contribution in [-0.4, -0.2) is 23.9 Å². The number of rotatable bonds is 16. The summed E-state index contributed by atoms with van der Waals surface area (Å²) in [6.07, 6.45) is 16.6. The highest BCUT2D eigenvalue weighted by Gasteiger charge is 2.14. The molecule has 2 heteroatoms. The Labute approximate surface area is 168 Å². The summed E-state index contributed by atoms with van der Waals surface area (Å²) in [4.78, 5) is 14.9. The molecule has 0 saturated carbocycles. The molecule has 0 aromatic heterocycles. The molecule has 0 spiro atoms. The quantitative estimate of drug-likeness (QED) is 0.276. The Balaban J connectivity index is 2.29. The molecule has 1 aromatic carbocycles. The molecule has 0 bridgehead atoms. The zero-order valence-corrected chi connectivity index (χ0v) is 18.3. The fourth-order valence-corrected chi connectivity index (χ4v) is 3.52. The van der Waals surface area contributed by atoms with Crippen LogP contribution < -0.4 is 0 Å². The van der Waals surface area contributed by atoms with Gasteiger partial charge in [-0.2, -0.15) is 0 Å². The second-order valence-electron chi connectivity index (χ2n) is 7.88. The molecule has 2 nitrogen and oxygen atoms in total. The van der Waals surface area contributed by atoms with Gasteiger partial charge in [-0.15, -0.1) is 0 Å². The summed E-state index contributed by atoms with van der Waals surface area (Å²) in [5, 5.41) is 0. The summed E-state index contributed by atoms with van der Waals surface area (Å²) in [7, 11) is 0. The van der Waals surface area contributed by atoms with E-state index in [0.29, 0.717) is 0 Å². The minimum absolute atomic E-state index is 0.210. The third-order valence-electron chi connectivity index (χ3n) is 5.46. The Morgan fingerprint density at radius 2 is 1.15 bits per heavy atom. The number of benzene rings is 1. The predicted octanol–water partition coefficient (Wildman–Crippen LogP) is 7.41. The van der Waals surface area contributed by atoms with Crippen LogP contribution in [0.15, 0.2) is 24.3 Å². The Hall–Kier alpha value is -1.31. The van der Waals surface area contributed by atoms with Crippen LogP contribution in [0.1, 0.15) is 114 Å². The van der Waals surface area contributed by atoms with Crippen LogP contribution in [0.4, 0.5) is 0 Å². The van der Waals surface area contributed by atoms with Crippen LogP contribution in [0.5, 0.6) is 0 Å². The average molecular weight is 374 g/mol. The summed E-state index contributed by atoms with van der Waals surface area (Å²) < 4.78 is 0. The lowest BCUT2D eigenvalue weighted by Gasteiger charge is -2.23. The van der Waals surface area contributed by atoms with Crippen molar-refractivity contribution in [1.29, 1.82) is 0 Å². The summed E-state index contributed by atoms with van der Waals surface area (Å²) in [6, 6.07) is 8.18. The van der Waals surface area contributed by atoms with Crippen molar-refractivity contribution in [2.45, 2.75) is 104 Å². The van der Waals surface area contributed by atoms with E-state index in [1.54, 1.807) is 0 Å². The van der Waals surface area contributed by atoms with Gasteiger partial charge in [0.15, 0.2) is 0 Å². The zero-order valence-electron chi connectivity index (χ0n) is 18.3. The van der Waals surface area contributed by atoms with E-state index in [1.807, 2.05) is 12.1 Å². The molecule has 0 aliphatic carbocycles. The van der Waals surface area contributed by atoms with Gasteiger partial charge < -0.3 is 4.90 Å². The lowest BCUT2D eigenvalue weighted by atomic mass is 10.1. The number of nitrogens with zero attached hydrogens (tertiary/aromatic N) is 1. The average Bonchev–Trinajstić information content (AvgIpc) is 2.71. The van der Waals surface area contributed by atoms with Crippen molar-refractivity contribution in [2.75, 3.05) is 13.1 Å². The van der Waals surface area contributed by atoms with Crippen LogP contribution in [0, 0.1) is 0 Å². The summed E-state index contributed by atoms with van der Waals surface area (Å²) in [5.41, 5.74) is 2.14. The summed E-state index contributed by atoms with van der Waals surface area (Å²) in [5.74, 6) is 0.210. The molecule has 0 heterocycles. The molecule has 27 heavy (non-hydrogen) atoms. The lowest BCUT2D eigenvalue weighted by Crippen LogP contribution is -2.33. The molecular formula is C25H43NO. The smallest absolute Gasteiger partial charge is 0.253 e. The van der Waals surface area contributed by atoms with Gasteiger partial charge in [0, 0.05) is 18.7 Å². The molecule has 154 valence electrons. The minimum Gasteiger partial charge on any atom is -0.339 e. The number of hydrogen-bond donors (Lipinski definition) is 0. The van der Waals surface area contributed by atoms with Gasteiger partial charge in [0.1, 0.15) is 0 Å². The molecule has 1 rings (SSSR count). The van der Waals surface area contributed by atoms with Crippen LogP contribution in [0.3, 0.4) is 0 Å². The van der Waals surface area contributed by atoms with Crippen LogP contribution >= 0.6 is 0 Å². The van der Waals surface area contributed by atoms with E-state index in [9.17, 15) is 4.79 Å². The van der Waals surface area contributed by atoms with Crippen molar-refractivity contribution in [2.24, 2.45) is 0 Å². The first-order chi connectivity index (χ1) is 13.2. The lowest BCUT2D eigenvalue weighted by molar-refractivity contribution is 0.0750. The summed E-state index contributed by atoms with van der Waals surface area (Å²) in [6.45, 7) is 8.41. The highest BCUT2D eigenvalue weighted by Crippen LogP contribution is 2.13. The maximum atomic E-state index is 12.9. The Morgan fingerprint density at radius 3 is 1.67 bits per heavy atom. The number of amides is 1. The SMILES string of the molecule is CCCCCCCCCCCCN(CCCC)C(=O)c1ccc(CC)cc1. The topological polar surface area (TPSA) is 20.3 Å². The first kappa shape index (κ1) is 23.7.